The summed E-state index contributed by atoms with van der Waals surface area (Å²) < 4.78 is 0. The van der Waals surface area contributed by atoms with Crippen LogP contribution in [0.4, 0.5) is 17.3 Å². The van der Waals surface area contributed by atoms with E-state index in [1.807, 2.05) is 12.1 Å². The van der Waals surface area contributed by atoms with Gasteiger partial charge >= 0.3 is 0 Å². The fraction of sp³-hybridized carbons (Fsp3) is 0.250. The average molecular weight is 386 g/mol. The zero-order valence-electron chi connectivity index (χ0n) is 16.8. The highest BCUT2D eigenvalue weighted by atomic mass is 15.3. The maximum atomic E-state index is 4.49. The molecule has 0 radical (unpaired) electrons. The summed E-state index contributed by atoms with van der Waals surface area (Å²) in [6.07, 6.45) is 6.08. The van der Waals surface area contributed by atoms with E-state index in [2.05, 4.69) is 92.7 Å². The summed E-state index contributed by atoms with van der Waals surface area (Å²) in [4.78, 5) is 13.7. The summed E-state index contributed by atoms with van der Waals surface area (Å²) in [5, 5.41) is 3.37. The van der Waals surface area contributed by atoms with Crippen LogP contribution in [0.15, 0.2) is 73.1 Å². The van der Waals surface area contributed by atoms with E-state index >= 15 is 0 Å². The quantitative estimate of drug-likeness (QED) is 0.683. The van der Waals surface area contributed by atoms with Crippen LogP contribution in [0.5, 0.6) is 0 Å². The number of anilines is 3. The highest BCUT2D eigenvalue weighted by molar-refractivity contribution is 5.59. The predicted molar refractivity (Wildman–Crippen MR) is 121 cm³/mol. The second kappa shape index (κ2) is 9.34. The molecule has 0 unspecified atom stereocenters. The van der Waals surface area contributed by atoms with Crippen LogP contribution in [0.2, 0.25) is 0 Å². The smallest absolute Gasteiger partial charge is 0.135 e. The van der Waals surface area contributed by atoms with Gasteiger partial charge in [-0.1, -0.05) is 60.2 Å². The molecule has 3 aromatic rings. The molecule has 0 bridgehead atoms. The van der Waals surface area contributed by atoms with Crippen LogP contribution in [0.1, 0.15) is 11.1 Å². The fourth-order valence-corrected chi connectivity index (χ4v) is 3.43. The lowest BCUT2D eigenvalue weighted by molar-refractivity contribution is 0.283. The zero-order chi connectivity index (χ0) is 19.9. The zero-order valence-corrected chi connectivity index (χ0v) is 16.8. The Bertz CT molecular complexity index is 929. The van der Waals surface area contributed by atoms with Crippen molar-refractivity contribution in [1.82, 2.24) is 14.9 Å². The van der Waals surface area contributed by atoms with E-state index in [4.69, 9.17) is 0 Å². The highest BCUT2D eigenvalue weighted by Gasteiger charge is 2.17. The van der Waals surface area contributed by atoms with Crippen molar-refractivity contribution < 1.29 is 0 Å². The van der Waals surface area contributed by atoms with E-state index < -0.39 is 0 Å². The van der Waals surface area contributed by atoms with Gasteiger partial charge in [0.25, 0.3) is 0 Å². The SMILES string of the molecule is Cc1ccc(Nc2cc(N3CCN(C/C=C/c4ccccc4)CC3)ncn2)cc1. The maximum Gasteiger partial charge on any atom is 0.135 e. The van der Waals surface area contributed by atoms with E-state index in [1.165, 1.54) is 11.1 Å². The first-order chi connectivity index (χ1) is 14.3. The summed E-state index contributed by atoms with van der Waals surface area (Å²) in [7, 11) is 0. The number of nitrogens with zero attached hydrogens (tertiary/aromatic N) is 4. The molecule has 1 aliphatic heterocycles. The normalized spacial score (nSPS) is 15.0. The van der Waals surface area contributed by atoms with Gasteiger partial charge in [0.1, 0.15) is 18.0 Å². The number of aryl methyl sites for hydroxylation is 1. The van der Waals surface area contributed by atoms with E-state index in [0.717, 1.165) is 50.0 Å². The van der Waals surface area contributed by atoms with Gasteiger partial charge < -0.3 is 10.2 Å². The number of benzene rings is 2. The van der Waals surface area contributed by atoms with Crippen molar-refractivity contribution in [2.75, 3.05) is 42.9 Å². The minimum atomic E-state index is 0.826. The number of piperazine rings is 1. The van der Waals surface area contributed by atoms with Gasteiger partial charge in [-0.15, -0.1) is 0 Å². The summed E-state index contributed by atoms with van der Waals surface area (Å²) >= 11 is 0. The molecule has 5 nitrogen and oxygen atoms in total. The molecule has 0 aliphatic carbocycles. The third-order valence-corrected chi connectivity index (χ3v) is 5.15. The molecule has 1 saturated heterocycles. The van der Waals surface area contributed by atoms with Crippen LogP contribution < -0.4 is 10.2 Å². The predicted octanol–water partition coefficient (Wildman–Crippen LogP) is 4.36. The third-order valence-electron chi connectivity index (χ3n) is 5.15. The van der Waals surface area contributed by atoms with Gasteiger partial charge in [-0.05, 0) is 24.6 Å². The average Bonchev–Trinajstić information content (AvgIpc) is 2.77. The van der Waals surface area contributed by atoms with Crippen molar-refractivity contribution in [2.24, 2.45) is 0 Å². The Morgan fingerprint density at radius 2 is 1.69 bits per heavy atom. The Labute approximate surface area is 172 Å². The van der Waals surface area contributed by atoms with Crippen molar-refractivity contribution in [3.05, 3.63) is 84.2 Å². The molecule has 29 heavy (non-hydrogen) atoms. The lowest BCUT2D eigenvalue weighted by Crippen LogP contribution is -2.46. The summed E-state index contributed by atoms with van der Waals surface area (Å²) in [6.45, 7) is 7.07. The molecule has 5 heteroatoms. The van der Waals surface area contributed by atoms with Gasteiger partial charge in [0.05, 0.1) is 0 Å². The standard InChI is InChI=1S/C24H27N5/c1-20-9-11-22(12-10-20)27-23-18-24(26-19-25-23)29-16-14-28(15-17-29)13-5-8-21-6-3-2-4-7-21/h2-12,18-19H,13-17H2,1H3,(H,25,26,27)/b8-5+. The molecule has 4 rings (SSSR count). The molecule has 0 saturated carbocycles. The number of hydrogen-bond acceptors (Lipinski definition) is 5. The van der Waals surface area contributed by atoms with Crippen molar-refractivity contribution in [3.63, 3.8) is 0 Å². The van der Waals surface area contributed by atoms with E-state index in [-0.39, 0.29) is 0 Å². The second-order valence-corrected chi connectivity index (χ2v) is 7.35. The Hall–Kier alpha value is -3.18. The van der Waals surface area contributed by atoms with Gasteiger partial charge in [-0.25, -0.2) is 9.97 Å². The first-order valence-corrected chi connectivity index (χ1v) is 10.1. The second-order valence-electron chi connectivity index (χ2n) is 7.35. The molecule has 1 aliphatic rings. The van der Waals surface area contributed by atoms with E-state index in [1.54, 1.807) is 6.33 Å². The lowest BCUT2D eigenvalue weighted by Gasteiger charge is -2.34. The Kier molecular flexibility index (Phi) is 6.17. The van der Waals surface area contributed by atoms with Crippen LogP contribution >= 0.6 is 0 Å². The molecule has 2 heterocycles. The number of aromatic nitrogens is 2. The largest absolute Gasteiger partial charge is 0.354 e. The molecule has 148 valence electrons. The van der Waals surface area contributed by atoms with Crippen LogP contribution in [0.25, 0.3) is 6.08 Å². The number of rotatable bonds is 6. The van der Waals surface area contributed by atoms with E-state index in [0.29, 0.717) is 0 Å². The van der Waals surface area contributed by atoms with Crippen LogP contribution in [0, 0.1) is 6.92 Å². The van der Waals surface area contributed by atoms with Crippen LogP contribution in [-0.2, 0) is 0 Å². The Balaban J connectivity index is 1.30. The first kappa shape index (κ1) is 19.2. The molecule has 2 aromatic carbocycles. The molecule has 1 fully saturated rings. The van der Waals surface area contributed by atoms with Crippen molar-refractivity contribution in [3.8, 4) is 0 Å². The number of nitrogens with one attached hydrogen (secondary N) is 1. The molecule has 0 atom stereocenters. The van der Waals surface area contributed by atoms with Gasteiger partial charge in [-0.3, -0.25) is 4.90 Å². The molecule has 1 aromatic heterocycles. The molecule has 1 N–H and O–H groups in total. The molecule has 0 spiro atoms. The van der Waals surface area contributed by atoms with E-state index in [9.17, 15) is 0 Å². The third kappa shape index (κ3) is 5.42. The minimum Gasteiger partial charge on any atom is -0.354 e. The monoisotopic (exact) mass is 385 g/mol. The Morgan fingerprint density at radius 1 is 0.931 bits per heavy atom. The summed E-state index contributed by atoms with van der Waals surface area (Å²) in [5.74, 6) is 1.81. The topological polar surface area (TPSA) is 44.3 Å². The highest BCUT2D eigenvalue weighted by Crippen LogP contribution is 2.20. The maximum absolute atomic E-state index is 4.49. The molecular weight excluding hydrogens is 358 g/mol. The lowest BCUT2D eigenvalue weighted by atomic mass is 10.2. The number of hydrogen-bond donors (Lipinski definition) is 1. The van der Waals surface area contributed by atoms with Gasteiger partial charge in [0.2, 0.25) is 0 Å². The van der Waals surface area contributed by atoms with Crippen LogP contribution in [0.3, 0.4) is 0 Å². The summed E-state index contributed by atoms with van der Waals surface area (Å²) in [6, 6.07) is 20.8. The van der Waals surface area contributed by atoms with Gasteiger partial charge in [0, 0.05) is 44.5 Å². The molecular formula is C24H27N5. The van der Waals surface area contributed by atoms with Crippen molar-refractivity contribution in [1.29, 1.82) is 0 Å². The van der Waals surface area contributed by atoms with Crippen molar-refractivity contribution >= 4 is 23.4 Å². The fourth-order valence-electron chi connectivity index (χ4n) is 3.43. The molecule has 0 amide bonds. The van der Waals surface area contributed by atoms with Crippen LogP contribution in [-0.4, -0.2) is 47.6 Å². The van der Waals surface area contributed by atoms with Gasteiger partial charge in [-0.2, -0.15) is 0 Å². The minimum absolute atomic E-state index is 0.826. The van der Waals surface area contributed by atoms with Crippen molar-refractivity contribution in [2.45, 2.75) is 6.92 Å². The summed E-state index contributed by atoms with van der Waals surface area (Å²) in [5.41, 5.74) is 3.53. The van der Waals surface area contributed by atoms with Gasteiger partial charge in [0.15, 0.2) is 0 Å². The first-order valence-electron chi connectivity index (χ1n) is 10.1. The Morgan fingerprint density at radius 3 is 2.45 bits per heavy atom.